The monoisotopic (exact) mass is 357 g/mol. The smallest absolute Gasteiger partial charge is 0.269 e. The van der Waals surface area contributed by atoms with E-state index in [2.05, 4.69) is 11.0 Å². The van der Waals surface area contributed by atoms with Gasteiger partial charge in [-0.15, -0.1) is 0 Å². The van der Waals surface area contributed by atoms with Crippen LogP contribution in [-0.2, 0) is 13.1 Å². The van der Waals surface area contributed by atoms with Crippen LogP contribution in [0.5, 0.6) is 0 Å². The maximum absolute atomic E-state index is 10.9. The zero-order chi connectivity index (χ0) is 19.1. The molecule has 5 heteroatoms. The van der Waals surface area contributed by atoms with Gasteiger partial charge in [-0.05, 0) is 28.8 Å². The maximum atomic E-state index is 10.9. The first-order chi connectivity index (χ1) is 13.2. The van der Waals surface area contributed by atoms with Crippen LogP contribution in [-0.4, -0.2) is 9.82 Å². The van der Waals surface area contributed by atoms with Crippen molar-refractivity contribution in [2.45, 2.75) is 19.1 Å². The molecule has 3 aromatic carbocycles. The minimum Gasteiger partial charge on any atom is -0.276 e. The molecule has 0 aliphatic carbocycles. The van der Waals surface area contributed by atoms with Crippen LogP contribution in [0.1, 0.15) is 22.7 Å². The number of nitriles is 1. The molecule has 0 radical (unpaired) electrons. The van der Waals surface area contributed by atoms with Gasteiger partial charge >= 0.3 is 0 Å². The lowest BCUT2D eigenvalue weighted by atomic mass is 10.0. The van der Waals surface area contributed by atoms with Crippen LogP contribution >= 0.6 is 0 Å². The molecule has 3 rings (SSSR count). The first kappa shape index (κ1) is 18.3. The first-order valence-electron chi connectivity index (χ1n) is 8.63. The lowest BCUT2D eigenvalue weighted by Gasteiger charge is -2.27. The van der Waals surface area contributed by atoms with Crippen molar-refractivity contribution >= 4 is 5.69 Å². The second kappa shape index (κ2) is 8.75. The summed E-state index contributed by atoms with van der Waals surface area (Å²) in [7, 11) is 0. The third kappa shape index (κ3) is 4.78. The van der Waals surface area contributed by atoms with Crippen LogP contribution in [0.25, 0.3) is 0 Å². The predicted molar refractivity (Wildman–Crippen MR) is 104 cm³/mol. The molecule has 5 nitrogen and oxygen atoms in total. The molecule has 0 fully saturated rings. The fourth-order valence-electron chi connectivity index (χ4n) is 3.02. The minimum atomic E-state index is -0.508. The van der Waals surface area contributed by atoms with Crippen molar-refractivity contribution in [1.29, 1.82) is 5.26 Å². The number of nitro benzene ring substituents is 1. The van der Waals surface area contributed by atoms with Gasteiger partial charge in [0.1, 0.15) is 6.04 Å². The van der Waals surface area contributed by atoms with Gasteiger partial charge in [-0.2, -0.15) is 5.26 Å². The van der Waals surface area contributed by atoms with Crippen molar-refractivity contribution in [3.8, 4) is 6.07 Å². The van der Waals surface area contributed by atoms with Crippen LogP contribution in [0.3, 0.4) is 0 Å². The molecule has 27 heavy (non-hydrogen) atoms. The predicted octanol–water partition coefficient (Wildman–Crippen LogP) is 4.86. The number of rotatable bonds is 7. The van der Waals surface area contributed by atoms with E-state index in [4.69, 9.17) is 0 Å². The molecule has 0 saturated heterocycles. The van der Waals surface area contributed by atoms with Crippen LogP contribution < -0.4 is 0 Å². The zero-order valence-corrected chi connectivity index (χ0v) is 14.7. The van der Waals surface area contributed by atoms with Crippen molar-refractivity contribution in [3.63, 3.8) is 0 Å². The molecular formula is C22H19N3O2. The average molecular weight is 357 g/mol. The van der Waals surface area contributed by atoms with Crippen molar-refractivity contribution in [1.82, 2.24) is 4.90 Å². The molecule has 0 N–H and O–H groups in total. The molecule has 0 heterocycles. The molecule has 0 aliphatic rings. The van der Waals surface area contributed by atoms with Crippen LogP contribution in [0.2, 0.25) is 0 Å². The first-order valence-corrected chi connectivity index (χ1v) is 8.63. The van der Waals surface area contributed by atoms with E-state index in [1.165, 1.54) is 12.1 Å². The van der Waals surface area contributed by atoms with E-state index in [0.717, 1.165) is 16.7 Å². The largest absolute Gasteiger partial charge is 0.276 e. The lowest BCUT2D eigenvalue weighted by Crippen LogP contribution is -2.27. The number of benzene rings is 3. The Hall–Kier alpha value is -3.49. The molecule has 1 atom stereocenters. The highest BCUT2D eigenvalue weighted by Gasteiger charge is 2.21. The Labute approximate surface area is 158 Å². The molecule has 0 amide bonds. The van der Waals surface area contributed by atoms with Gasteiger partial charge in [0.15, 0.2) is 0 Å². The Morgan fingerprint density at radius 1 is 0.852 bits per heavy atom. The number of nitro groups is 1. The van der Waals surface area contributed by atoms with Gasteiger partial charge in [0.2, 0.25) is 0 Å². The molecule has 0 bridgehead atoms. The Kier molecular flexibility index (Phi) is 5.93. The second-order valence-electron chi connectivity index (χ2n) is 6.26. The summed E-state index contributed by atoms with van der Waals surface area (Å²) in [6.45, 7) is 1.20. The van der Waals surface area contributed by atoms with E-state index in [1.54, 1.807) is 12.1 Å². The Morgan fingerprint density at radius 3 is 1.74 bits per heavy atom. The number of hydrogen-bond donors (Lipinski definition) is 0. The van der Waals surface area contributed by atoms with Crippen molar-refractivity contribution in [2.24, 2.45) is 0 Å². The molecule has 134 valence electrons. The maximum Gasteiger partial charge on any atom is 0.269 e. The van der Waals surface area contributed by atoms with Gasteiger partial charge in [0.05, 0.1) is 11.0 Å². The summed E-state index contributed by atoms with van der Waals surface area (Å²) in [4.78, 5) is 12.5. The standard InChI is InChI=1S/C22H19N3O2/c23-15-22(20-11-13-21(14-12-20)25(26)27)24(16-18-7-3-1-4-8-18)17-19-9-5-2-6-10-19/h1-14,22H,16-17H2. The highest BCUT2D eigenvalue weighted by atomic mass is 16.6. The van der Waals surface area contributed by atoms with E-state index >= 15 is 0 Å². The van der Waals surface area contributed by atoms with Gasteiger partial charge in [-0.25, -0.2) is 0 Å². The molecule has 3 aromatic rings. The minimum absolute atomic E-state index is 0.0214. The SMILES string of the molecule is N#CC(c1ccc([N+](=O)[O-])cc1)N(Cc1ccccc1)Cc1ccccc1. The van der Waals surface area contributed by atoms with E-state index < -0.39 is 11.0 Å². The Bertz CT molecular complexity index is 878. The average Bonchev–Trinajstić information content (AvgIpc) is 2.70. The van der Waals surface area contributed by atoms with E-state index in [1.807, 2.05) is 60.7 Å². The zero-order valence-electron chi connectivity index (χ0n) is 14.7. The van der Waals surface area contributed by atoms with Crippen molar-refractivity contribution < 1.29 is 4.92 Å². The van der Waals surface area contributed by atoms with Gasteiger partial charge in [-0.3, -0.25) is 15.0 Å². The molecule has 0 saturated carbocycles. The van der Waals surface area contributed by atoms with E-state index in [-0.39, 0.29) is 5.69 Å². The number of hydrogen-bond acceptors (Lipinski definition) is 4. The summed E-state index contributed by atoms with van der Waals surface area (Å²) in [5, 5.41) is 20.8. The molecular weight excluding hydrogens is 338 g/mol. The fraction of sp³-hybridized carbons (Fsp3) is 0.136. The number of non-ortho nitro benzene ring substituents is 1. The van der Waals surface area contributed by atoms with E-state index in [0.29, 0.717) is 13.1 Å². The Balaban J connectivity index is 1.91. The summed E-state index contributed by atoms with van der Waals surface area (Å²) in [6.07, 6.45) is 0. The quantitative estimate of drug-likeness (QED) is 0.447. The highest BCUT2D eigenvalue weighted by Crippen LogP contribution is 2.26. The fourth-order valence-corrected chi connectivity index (χ4v) is 3.02. The summed E-state index contributed by atoms with van der Waals surface area (Å²) in [6, 6.07) is 28.0. The van der Waals surface area contributed by atoms with Gasteiger partial charge in [-0.1, -0.05) is 60.7 Å². The van der Waals surface area contributed by atoms with Crippen LogP contribution in [0, 0.1) is 21.4 Å². The summed E-state index contributed by atoms with van der Waals surface area (Å²) >= 11 is 0. The highest BCUT2D eigenvalue weighted by molar-refractivity contribution is 5.36. The van der Waals surface area contributed by atoms with Crippen LogP contribution in [0.4, 0.5) is 5.69 Å². The summed E-state index contributed by atoms with van der Waals surface area (Å²) in [5.74, 6) is 0. The summed E-state index contributed by atoms with van der Waals surface area (Å²) < 4.78 is 0. The topological polar surface area (TPSA) is 70.2 Å². The van der Waals surface area contributed by atoms with E-state index in [9.17, 15) is 15.4 Å². The lowest BCUT2D eigenvalue weighted by molar-refractivity contribution is -0.384. The molecule has 0 spiro atoms. The third-order valence-electron chi connectivity index (χ3n) is 4.36. The van der Waals surface area contributed by atoms with Crippen LogP contribution in [0.15, 0.2) is 84.9 Å². The Morgan fingerprint density at radius 2 is 1.33 bits per heavy atom. The second-order valence-corrected chi connectivity index (χ2v) is 6.26. The molecule has 0 aromatic heterocycles. The third-order valence-corrected chi connectivity index (χ3v) is 4.36. The van der Waals surface area contributed by atoms with Crippen molar-refractivity contribution in [3.05, 3.63) is 112 Å². The summed E-state index contributed by atoms with van der Waals surface area (Å²) in [5.41, 5.74) is 2.98. The number of nitrogens with zero attached hydrogens (tertiary/aromatic N) is 3. The molecule has 1 unspecified atom stereocenters. The van der Waals surface area contributed by atoms with Gasteiger partial charge in [0.25, 0.3) is 5.69 Å². The normalized spacial score (nSPS) is 11.7. The van der Waals surface area contributed by atoms with Gasteiger partial charge < -0.3 is 0 Å². The molecule has 0 aliphatic heterocycles. The van der Waals surface area contributed by atoms with Crippen molar-refractivity contribution in [2.75, 3.05) is 0 Å². The van der Waals surface area contributed by atoms with Gasteiger partial charge in [0, 0.05) is 25.2 Å².